The largest absolute Gasteiger partial charge is 0.325 e. The van der Waals surface area contributed by atoms with E-state index in [4.69, 9.17) is 0 Å². The Kier molecular flexibility index (Phi) is 6.03. The summed E-state index contributed by atoms with van der Waals surface area (Å²) in [6.07, 6.45) is 2.71. The highest BCUT2D eigenvalue weighted by Gasteiger charge is 2.37. The van der Waals surface area contributed by atoms with Gasteiger partial charge in [0.1, 0.15) is 11.1 Å². The number of fused-ring (bicyclic) bond motifs is 1. The molecule has 1 aliphatic heterocycles. The number of carbonyl (C=O) groups excluding carboxylic acids is 1. The number of anilines is 1. The van der Waals surface area contributed by atoms with Crippen molar-refractivity contribution >= 4 is 23.4 Å². The predicted molar refractivity (Wildman–Crippen MR) is 117 cm³/mol. The molecule has 6 nitrogen and oxygen atoms in total. The van der Waals surface area contributed by atoms with Gasteiger partial charge in [0.15, 0.2) is 5.82 Å². The summed E-state index contributed by atoms with van der Waals surface area (Å²) in [7, 11) is 0. The van der Waals surface area contributed by atoms with Gasteiger partial charge in [0, 0.05) is 12.1 Å². The molecule has 1 aliphatic rings. The number of nitrogens with one attached hydrogen (secondary N) is 2. The minimum atomic E-state index is -0.464. The summed E-state index contributed by atoms with van der Waals surface area (Å²) in [5.41, 5.74) is 6.27. The first kappa shape index (κ1) is 20.4. The summed E-state index contributed by atoms with van der Waals surface area (Å²) in [5, 5.41) is 11.7. The van der Waals surface area contributed by atoms with Crippen molar-refractivity contribution < 1.29 is 9.18 Å². The summed E-state index contributed by atoms with van der Waals surface area (Å²) in [6, 6.07) is 13.8. The predicted octanol–water partition coefficient (Wildman–Crippen LogP) is 4.33. The number of hydrogen-bond acceptors (Lipinski definition) is 5. The van der Waals surface area contributed by atoms with Crippen molar-refractivity contribution in [3.05, 3.63) is 71.3 Å². The number of hydrogen-bond donors (Lipinski definition) is 2. The molecule has 3 aromatic rings. The number of nitrogens with zero attached hydrogens (tertiary/aromatic N) is 3. The van der Waals surface area contributed by atoms with Crippen LogP contribution in [0.3, 0.4) is 0 Å². The lowest BCUT2D eigenvalue weighted by Crippen LogP contribution is -2.41. The van der Waals surface area contributed by atoms with Crippen molar-refractivity contribution in [2.45, 2.75) is 49.6 Å². The van der Waals surface area contributed by atoms with Crippen molar-refractivity contribution in [3.63, 3.8) is 0 Å². The number of aryl methyl sites for hydroxylation is 2. The Morgan fingerprint density at radius 1 is 1.13 bits per heavy atom. The van der Waals surface area contributed by atoms with Gasteiger partial charge in [-0.2, -0.15) is 0 Å². The number of benzene rings is 2. The third kappa shape index (κ3) is 4.18. The van der Waals surface area contributed by atoms with Crippen molar-refractivity contribution in [1.82, 2.24) is 14.9 Å². The minimum Gasteiger partial charge on any atom is -0.325 e. The Hall–Kier alpha value is -2.87. The first-order valence-corrected chi connectivity index (χ1v) is 11.0. The first-order chi connectivity index (χ1) is 14.6. The zero-order chi connectivity index (χ0) is 21.1. The van der Waals surface area contributed by atoms with Crippen LogP contribution in [0.15, 0.2) is 53.7 Å². The molecule has 0 radical (unpaired) electrons. The van der Waals surface area contributed by atoms with Gasteiger partial charge in [0.05, 0.1) is 6.04 Å². The van der Waals surface area contributed by atoms with Gasteiger partial charge in [0.25, 0.3) is 0 Å². The average molecular weight is 426 g/mol. The zero-order valence-electron chi connectivity index (χ0n) is 16.9. The van der Waals surface area contributed by atoms with Crippen LogP contribution in [-0.2, 0) is 17.6 Å². The van der Waals surface area contributed by atoms with Crippen molar-refractivity contribution in [2.24, 2.45) is 0 Å². The van der Waals surface area contributed by atoms with Crippen molar-refractivity contribution in [1.29, 1.82) is 0 Å². The summed E-state index contributed by atoms with van der Waals surface area (Å²) >= 11 is 1.39. The quantitative estimate of drug-likeness (QED) is 0.615. The maximum Gasteiger partial charge on any atom is 0.240 e. The van der Waals surface area contributed by atoms with E-state index in [-0.39, 0.29) is 17.8 Å². The van der Waals surface area contributed by atoms with Crippen LogP contribution in [0.1, 0.15) is 43.3 Å². The van der Waals surface area contributed by atoms with Crippen molar-refractivity contribution in [3.8, 4) is 0 Å². The lowest BCUT2D eigenvalue weighted by Gasteiger charge is -2.33. The van der Waals surface area contributed by atoms with Crippen LogP contribution < -0.4 is 10.7 Å². The maximum absolute atomic E-state index is 13.2. The third-order valence-electron chi connectivity index (χ3n) is 5.09. The smallest absolute Gasteiger partial charge is 0.240 e. The van der Waals surface area contributed by atoms with E-state index in [9.17, 15) is 9.18 Å². The highest BCUT2D eigenvalue weighted by Crippen LogP contribution is 2.37. The van der Waals surface area contributed by atoms with E-state index in [0.29, 0.717) is 10.8 Å². The molecular formula is C22H24FN5OS. The lowest BCUT2D eigenvalue weighted by molar-refractivity contribution is -0.116. The molecule has 0 spiro atoms. The fourth-order valence-electron chi connectivity index (χ4n) is 3.44. The summed E-state index contributed by atoms with van der Waals surface area (Å²) in [6.45, 7) is 4.21. The Labute approximate surface area is 179 Å². The Morgan fingerprint density at radius 3 is 2.53 bits per heavy atom. The van der Waals surface area contributed by atoms with E-state index in [1.165, 1.54) is 29.5 Å². The van der Waals surface area contributed by atoms with Gasteiger partial charge in [-0.05, 0) is 48.2 Å². The van der Waals surface area contributed by atoms with Gasteiger partial charge in [-0.1, -0.05) is 49.9 Å². The molecule has 2 aromatic carbocycles. The molecule has 2 heterocycles. The Balaban J connectivity index is 1.65. The van der Waals surface area contributed by atoms with Gasteiger partial charge in [-0.25, -0.2) is 9.07 Å². The molecule has 0 unspecified atom stereocenters. The molecule has 0 fully saturated rings. The maximum atomic E-state index is 13.2. The fraction of sp³-hybridized carbons (Fsp3) is 0.318. The first-order valence-electron chi connectivity index (χ1n) is 10.1. The standard InChI is InChI=1S/C22H24FN5OS/c1-3-5-18-25-26-22-28(18)27-19(15-8-6-14(4-2)7-9-15)20(30-22)21(29)24-17-12-10-16(23)11-13-17/h6-13,19-20,27H,3-5H2,1-2H3,(H,24,29)/t19-,20-/m1/s1. The molecule has 0 saturated carbocycles. The van der Waals surface area contributed by atoms with E-state index in [0.717, 1.165) is 30.7 Å². The molecule has 1 amide bonds. The fourth-order valence-corrected chi connectivity index (χ4v) is 4.54. The van der Waals surface area contributed by atoms with Crippen LogP contribution in [0, 0.1) is 5.82 Å². The molecule has 0 bridgehead atoms. The second-order valence-corrected chi connectivity index (χ2v) is 8.33. The van der Waals surface area contributed by atoms with Crippen LogP contribution in [0.2, 0.25) is 0 Å². The highest BCUT2D eigenvalue weighted by atomic mass is 32.2. The summed E-state index contributed by atoms with van der Waals surface area (Å²) < 4.78 is 15.1. The molecule has 156 valence electrons. The van der Waals surface area contributed by atoms with E-state index < -0.39 is 5.25 Å². The van der Waals surface area contributed by atoms with Crippen LogP contribution in [0.25, 0.3) is 0 Å². The van der Waals surface area contributed by atoms with Crippen LogP contribution in [0.5, 0.6) is 0 Å². The molecule has 4 rings (SSSR count). The molecule has 0 saturated heterocycles. The number of halogens is 1. The molecule has 30 heavy (non-hydrogen) atoms. The van der Waals surface area contributed by atoms with Crippen LogP contribution in [-0.4, -0.2) is 26.0 Å². The van der Waals surface area contributed by atoms with E-state index in [1.54, 1.807) is 12.1 Å². The van der Waals surface area contributed by atoms with E-state index >= 15 is 0 Å². The highest BCUT2D eigenvalue weighted by molar-refractivity contribution is 8.00. The lowest BCUT2D eigenvalue weighted by atomic mass is 10.0. The number of carbonyl (C=O) groups is 1. The minimum absolute atomic E-state index is 0.171. The Morgan fingerprint density at radius 2 is 1.87 bits per heavy atom. The number of rotatable bonds is 6. The monoisotopic (exact) mass is 425 g/mol. The van der Waals surface area contributed by atoms with Gasteiger partial charge in [0.2, 0.25) is 11.1 Å². The second-order valence-electron chi connectivity index (χ2n) is 7.22. The van der Waals surface area contributed by atoms with Crippen LogP contribution in [0.4, 0.5) is 10.1 Å². The number of amides is 1. The topological polar surface area (TPSA) is 71.8 Å². The normalized spacial score (nSPS) is 17.8. The molecular weight excluding hydrogens is 401 g/mol. The van der Waals surface area contributed by atoms with Gasteiger partial charge < -0.3 is 10.7 Å². The van der Waals surface area contributed by atoms with Crippen molar-refractivity contribution in [2.75, 3.05) is 10.7 Å². The number of thioether (sulfide) groups is 1. The third-order valence-corrected chi connectivity index (χ3v) is 6.31. The van der Waals surface area contributed by atoms with Gasteiger partial charge in [-0.15, -0.1) is 10.2 Å². The molecule has 2 N–H and O–H groups in total. The average Bonchev–Trinajstić information content (AvgIpc) is 3.16. The zero-order valence-corrected chi connectivity index (χ0v) is 17.7. The van der Waals surface area contributed by atoms with Crippen LogP contribution >= 0.6 is 11.8 Å². The number of aromatic nitrogens is 3. The SMILES string of the molecule is CCCc1nnc2n1N[C@H](c1ccc(CC)cc1)[C@H](C(=O)Nc1ccc(F)cc1)S2. The Bertz CT molecular complexity index is 1020. The molecule has 8 heteroatoms. The molecule has 2 atom stereocenters. The summed E-state index contributed by atoms with van der Waals surface area (Å²) in [4.78, 5) is 13.2. The van der Waals surface area contributed by atoms with Gasteiger partial charge >= 0.3 is 0 Å². The molecule has 0 aliphatic carbocycles. The second kappa shape index (κ2) is 8.87. The van der Waals surface area contributed by atoms with Gasteiger partial charge in [-0.3, -0.25) is 4.79 Å². The molecule has 1 aromatic heterocycles. The van der Waals surface area contributed by atoms with E-state index in [2.05, 4.69) is 59.1 Å². The van der Waals surface area contributed by atoms with E-state index in [1.807, 2.05) is 4.68 Å². The summed E-state index contributed by atoms with van der Waals surface area (Å²) in [5.74, 6) is 0.342.